The topological polar surface area (TPSA) is 26.7 Å². The van der Waals surface area contributed by atoms with E-state index in [-0.39, 0.29) is 0 Å². The van der Waals surface area contributed by atoms with Crippen molar-refractivity contribution in [2.45, 2.75) is 26.4 Å². The van der Waals surface area contributed by atoms with E-state index >= 15 is 0 Å². The van der Waals surface area contributed by atoms with Gasteiger partial charge in [-0.1, -0.05) is 17.7 Å². The lowest BCUT2D eigenvalue weighted by Crippen LogP contribution is -2.27. The Morgan fingerprint density at radius 3 is 2.42 bits per heavy atom. The summed E-state index contributed by atoms with van der Waals surface area (Å²) in [5, 5.41) is 10.3. The van der Waals surface area contributed by atoms with Crippen molar-refractivity contribution in [1.29, 1.82) is 0 Å². The standard InChI is InChI=1S/C15H25ClN2O/c1-5-18(10-6-9-17(3)4)15-8-7-13(12(2)19)11-14(15)16/h7-8,11-12,19H,5-6,9-10H2,1-4H3. The molecule has 4 heteroatoms. The van der Waals surface area contributed by atoms with Crippen molar-refractivity contribution in [3.05, 3.63) is 28.8 Å². The van der Waals surface area contributed by atoms with Gasteiger partial charge in [0.2, 0.25) is 0 Å². The van der Waals surface area contributed by atoms with Gasteiger partial charge in [-0.3, -0.25) is 0 Å². The van der Waals surface area contributed by atoms with Gasteiger partial charge in [-0.05, 0) is 58.6 Å². The minimum atomic E-state index is -0.477. The van der Waals surface area contributed by atoms with Gasteiger partial charge >= 0.3 is 0 Å². The molecule has 1 aromatic carbocycles. The Kier molecular flexibility index (Phi) is 6.63. The van der Waals surface area contributed by atoms with E-state index in [0.29, 0.717) is 5.02 Å². The summed E-state index contributed by atoms with van der Waals surface area (Å²) in [5.41, 5.74) is 1.91. The molecule has 0 saturated carbocycles. The number of hydrogen-bond acceptors (Lipinski definition) is 3. The van der Waals surface area contributed by atoms with Gasteiger partial charge in [0, 0.05) is 13.1 Å². The summed E-state index contributed by atoms with van der Waals surface area (Å²) in [4.78, 5) is 4.46. The number of hydrogen-bond donors (Lipinski definition) is 1. The van der Waals surface area contributed by atoms with Crippen molar-refractivity contribution >= 4 is 17.3 Å². The molecular weight excluding hydrogens is 260 g/mol. The lowest BCUT2D eigenvalue weighted by atomic mass is 10.1. The van der Waals surface area contributed by atoms with Gasteiger partial charge in [0.1, 0.15) is 0 Å². The summed E-state index contributed by atoms with van der Waals surface area (Å²) in [6, 6.07) is 5.81. The number of rotatable bonds is 7. The smallest absolute Gasteiger partial charge is 0.0762 e. The number of aliphatic hydroxyl groups is 1. The summed E-state index contributed by atoms with van der Waals surface area (Å²) in [7, 11) is 4.17. The zero-order valence-corrected chi connectivity index (χ0v) is 13.1. The first kappa shape index (κ1) is 16.3. The van der Waals surface area contributed by atoms with Crippen molar-refractivity contribution in [2.24, 2.45) is 0 Å². The molecule has 1 N–H and O–H groups in total. The average molecular weight is 285 g/mol. The van der Waals surface area contributed by atoms with Gasteiger partial charge in [-0.2, -0.15) is 0 Å². The van der Waals surface area contributed by atoms with Crippen molar-refractivity contribution in [2.75, 3.05) is 38.6 Å². The molecule has 0 saturated heterocycles. The predicted octanol–water partition coefficient (Wildman–Crippen LogP) is 3.17. The van der Waals surface area contributed by atoms with Crippen LogP contribution in [0.4, 0.5) is 5.69 Å². The second-order valence-corrected chi connectivity index (χ2v) is 5.53. The van der Waals surface area contributed by atoms with Crippen LogP contribution in [0.3, 0.4) is 0 Å². The Bertz CT molecular complexity index is 394. The fraction of sp³-hybridized carbons (Fsp3) is 0.600. The Morgan fingerprint density at radius 1 is 1.26 bits per heavy atom. The highest BCUT2D eigenvalue weighted by atomic mass is 35.5. The number of anilines is 1. The molecule has 0 aromatic heterocycles. The third kappa shape index (κ3) is 5.01. The van der Waals surface area contributed by atoms with E-state index in [2.05, 4.69) is 30.8 Å². The van der Waals surface area contributed by atoms with Crippen LogP contribution in [-0.4, -0.2) is 43.7 Å². The molecule has 0 radical (unpaired) electrons. The molecule has 3 nitrogen and oxygen atoms in total. The summed E-state index contributed by atoms with van der Waals surface area (Å²) in [6.45, 7) is 6.87. The zero-order chi connectivity index (χ0) is 14.4. The Labute approximate surface area is 121 Å². The van der Waals surface area contributed by atoms with Crippen LogP contribution in [0.1, 0.15) is 31.9 Å². The number of nitrogens with zero attached hydrogens (tertiary/aromatic N) is 2. The first-order valence-electron chi connectivity index (χ1n) is 6.83. The molecule has 108 valence electrons. The molecule has 1 rings (SSSR count). The minimum Gasteiger partial charge on any atom is -0.389 e. The number of aliphatic hydroxyl groups excluding tert-OH is 1. The highest BCUT2D eigenvalue weighted by molar-refractivity contribution is 6.33. The molecule has 0 bridgehead atoms. The molecule has 0 amide bonds. The summed E-state index contributed by atoms with van der Waals surface area (Å²) in [5.74, 6) is 0. The maximum absolute atomic E-state index is 9.56. The van der Waals surface area contributed by atoms with E-state index in [1.807, 2.05) is 18.2 Å². The van der Waals surface area contributed by atoms with Crippen LogP contribution < -0.4 is 4.90 Å². The Morgan fingerprint density at radius 2 is 1.95 bits per heavy atom. The molecular formula is C15H25ClN2O. The summed E-state index contributed by atoms with van der Waals surface area (Å²) in [6.07, 6.45) is 0.630. The van der Waals surface area contributed by atoms with Gasteiger partial charge in [0.05, 0.1) is 16.8 Å². The van der Waals surface area contributed by atoms with Crippen LogP contribution in [0.5, 0.6) is 0 Å². The largest absolute Gasteiger partial charge is 0.389 e. The number of halogens is 1. The number of benzene rings is 1. The van der Waals surface area contributed by atoms with Gasteiger partial charge in [-0.15, -0.1) is 0 Å². The maximum atomic E-state index is 9.56. The van der Waals surface area contributed by atoms with E-state index in [1.165, 1.54) is 0 Å². The summed E-state index contributed by atoms with van der Waals surface area (Å²) < 4.78 is 0. The minimum absolute atomic E-state index is 0.477. The van der Waals surface area contributed by atoms with Crippen LogP contribution in [0.25, 0.3) is 0 Å². The second-order valence-electron chi connectivity index (χ2n) is 5.12. The zero-order valence-electron chi connectivity index (χ0n) is 12.4. The fourth-order valence-electron chi connectivity index (χ4n) is 2.07. The fourth-order valence-corrected chi connectivity index (χ4v) is 2.37. The molecule has 1 unspecified atom stereocenters. The van der Waals surface area contributed by atoms with Crippen molar-refractivity contribution in [3.8, 4) is 0 Å². The normalized spacial score (nSPS) is 12.8. The first-order valence-corrected chi connectivity index (χ1v) is 7.20. The van der Waals surface area contributed by atoms with Crippen LogP contribution in [0.15, 0.2) is 18.2 Å². The van der Waals surface area contributed by atoms with Crippen molar-refractivity contribution in [3.63, 3.8) is 0 Å². The quantitative estimate of drug-likeness (QED) is 0.833. The molecule has 1 aromatic rings. The average Bonchev–Trinajstić information content (AvgIpc) is 2.34. The third-order valence-corrected chi connectivity index (χ3v) is 3.51. The Hall–Kier alpha value is -0.770. The van der Waals surface area contributed by atoms with Crippen molar-refractivity contribution < 1.29 is 5.11 Å². The van der Waals surface area contributed by atoms with E-state index in [1.54, 1.807) is 6.92 Å². The Balaban J connectivity index is 2.75. The molecule has 0 aliphatic carbocycles. The molecule has 1 atom stereocenters. The SMILES string of the molecule is CCN(CCCN(C)C)c1ccc(C(C)O)cc1Cl. The molecule has 0 heterocycles. The molecule has 0 aliphatic rings. The maximum Gasteiger partial charge on any atom is 0.0762 e. The monoisotopic (exact) mass is 284 g/mol. The van der Waals surface area contributed by atoms with E-state index in [0.717, 1.165) is 37.3 Å². The van der Waals surface area contributed by atoms with Gasteiger partial charge in [0.15, 0.2) is 0 Å². The molecule has 0 fully saturated rings. The first-order chi connectivity index (χ1) is 8.95. The van der Waals surface area contributed by atoms with Crippen LogP contribution in [-0.2, 0) is 0 Å². The highest BCUT2D eigenvalue weighted by Gasteiger charge is 2.11. The van der Waals surface area contributed by atoms with Crippen LogP contribution in [0.2, 0.25) is 5.02 Å². The van der Waals surface area contributed by atoms with Crippen LogP contribution >= 0.6 is 11.6 Å². The van der Waals surface area contributed by atoms with Gasteiger partial charge in [0.25, 0.3) is 0 Å². The highest BCUT2D eigenvalue weighted by Crippen LogP contribution is 2.29. The van der Waals surface area contributed by atoms with E-state index in [4.69, 9.17) is 11.6 Å². The molecule has 0 spiro atoms. The van der Waals surface area contributed by atoms with Gasteiger partial charge in [-0.25, -0.2) is 0 Å². The van der Waals surface area contributed by atoms with Gasteiger partial charge < -0.3 is 14.9 Å². The van der Waals surface area contributed by atoms with E-state index < -0.39 is 6.10 Å². The van der Waals surface area contributed by atoms with Crippen LogP contribution in [0, 0.1) is 0 Å². The predicted molar refractivity (Wildman–Crippen MR) is 83.1 cm³/mol. The lowest BCUT2D eigenvalue weighted by Gasteiger charge is -2.25. The molecule has 0 aliphatic heterocycles. The van der Waals surface area contributed by atoms with E-state index in [9.17, 15) is 5.11 Å². The second kappa shape index (κ2) is 7.73. The summed E-state index contributed by atoms with van der Waals surface area (Å²) >= 11 is 6.33. The van der Waals surface area contributed by atoms with Crippen molar-refractivity contribution in [1.82, 2.24) is 4.90 Å². The molecule has 19 heavy (non-hydrogen) atoms. The lowest BCUT2D eigenvalue weighted by molar-refractivity contribution is 0.199. The third-order valence-electron chi connectivity index (χ3n) is 3.21.